The number of phenols is 2. The van der Waals surface area contributed by atoms with Crippen LogP contribution in [0.3, 0.4) is 0 Å². The zero-order valence-electron chi connectivity index (χ0n) is 19.9. The van der Waals surface area contributed by atoms with Gasteiger partial charge in [-0.2, -0.15) is 0 Å². The Hall–Kier alpha value is -3.15. The van der Waals surface area contributed by atoms with Crippen molar-refractivity contribution in [1.82, 2.24) is 0 Å². The number of aliphatic hydroxyl groups excluding tert-OH is 4. The van der Waals surface area contributed by atoms with Gasteiger partial charge in [-0.1, -0.05) is 23.8 Å². The van der Waals surface area contributed by atoms with Crippen molar-refractivity contribution in [2.75, 3.05) is 6.61 Å². The second kappa shape index (κ2) is 10.5. The highest BCUT2D eigenvalue weighted by Crippen LogP contribution is 2.46. The molecule has 6 unspecified atom stereocenters. The summed E-state index contributed by atoms with van der Waals surface area (Å²) in [5.74, 6) is -0.517. The molecule has 6 N–H and O–H groups in total. The highest BCUT2D eigenvalue weighted by atomic mass is 16.7. The van der Waals surface area contributed by atoms with Crippen molar-refractivity contribution < 1.29 is 49.6 Å². The molecule has 0 aliphatic carbocycles. The Morgan fingerprint density at radius 1 is 1.08 bits per heavy atom. The Labute approximate surface area is 207 Å². The van der Waals surface area contributed by atoms with Crippen LogP contribution in [-0.2, 0) is 11.2 Å². The summed E-state index contributed by atoms with van der Waals surface area (Å²) in [5, 5.41) is 60.4. The summed E-state index contributed by atoms with van der Waals surface area (Å²) in [6.45, 7) is 3.14. The van der Waals surface area contributed by atoms with Gasteiger partial charge in [0, 0.05) is 11.6 Å². The molecular weight excluding hydrogens is 472 g/mol. The first-order chi connectivity index (χ1) is 17.1. The molecule has 1 saturated heterocycles. The van der Waals surface area contributed by atoms with Crippen molar-refractivity contribution in [2.45, 2.75) is 63.5 Å². The maximum absolute atomic E-state index is 13.1. The maximum Gasteiger partial charge on any atom is 0.229 e. The highest BCUT2D eigenvalue weighted by molar-refractivity contribution is 6.03. The van der Waals surface area contributed by atoms with Crippen LogP contribution in [0, 0.1) is 0 Å². The predicted molar refractivity (Wildman–Crippen MR) is 126 cm³/mol. The lowest BCUT2D eigenvalue weighted by Gasteiger charge is -2.40. The molecule has 0 spiro atoms. The summed E-state index contributed by atoms with van der Waals surface area (Å²) in [6.07, 6.45) is -6.14. The van der Waals surface area contributed by atoms with Crippen LogP contribution < -0.4 is 9.47 Å². The molecule has 2 heterocycles. The number of rotatable bonds is 6. The zero-order chi connectivity index (χ0) is 26.1. The second-order valence-electron chi connectivity index (χ2n) is 9.20. The molecule has 0 aromatic heterocycles. The molecule has 10 nitrogen and oxygen atoms in total. The standard InChI is InChI=1S/C26H30O10/c1-12(2)3-8-15-19(35-26-24(33)23(32)22(31)20(11-27)36-26)10-17(30)21-16(29)9-18(34-25(15)21)13-4-6-14(28)7-5-13/h3-7,10,18,20,22-24,26-28,30-33H,8-9,11H2,1-2H3. The molecule has 0 bridgehead atoms. The maximum atomic E-state index is 13.1. The molecule has 0 radical (unpaired) electrons. The minimum Gasteiger partial charge on any atom is -0.508 e. The van der Waals surface area contributed by atoms with Gasteiger partial charge in [-0.3, -0.25) is 4.79 Å². The number of aromatic hydroxyl groups is 2. The molecule has 2 aromatic rings. The van der Waals surface area contributed by atoms with Crippen LogP contribution >= 0.6 is 0 Å². The lowest BCUT2D eigenvalue weighted by atomic mass is 9.92. The van der Waals surface area contributed by atoms with Gasteiger partial charge in [-0.05, 0) is 38.0 Å². The van der Waals surface area contributed by atoms with E-state index in [-0.39, 0.29) is 47.2 Å². The van der Waals surface area contributed by atoms with Crippen molar-refractivity contribution in [3.05, 3.63) is 58.7 Å². The average Bonchev–Trinajstić information content (AvgIpc) is 2.83. The van der Waals surface area contributed by atoms with E-state index in [0.29, 0.717) is 11.1 Å². The second-order valence-corrected chi connectivity index (χ2v) is 9.20. The summed E-state index contributed by atoms with van der Waals surface area (Å²) >= 11 is 0. The Bertz CT molecular complexity index is 1140. The van der Waals surface area contributed by atoms with Gasteiger partial charge in [0.05, 0.1) is 13.0 Å². The summed E-state index contributed by atoms with van der Waals surface area (Å²) in [5.41, 5.74) is 2.02. The molecular formula is C26H30O10. The van der Waals surface area contributed by atoms with Gasteiger partial charge in [0.1, 0.15) is 59.1 Å². The Morgan fingerprint density at radius 3 is 2.42 bits per heavy atom. The fourth-order valence-electron chi connectivity index (χ4n) is 4.29. The van der Waals surface area contributed by atoms with E-state index >= 15 is 0 Å². The number of fused-ring (bicyclic) bond motifs is 1. The Balaban J connectivity index is 1.76. The summed E-state index contributed by atoms with van der Waals surface area (Å²) in [7, 11) is 0. The molecule has 0 amide bonds. The van der Waals surface area contributed by atoms with Gasteiger partial charge >= 0.3 is 0 Å². The molecule has 1 fully saturated rings. The topological polar surface area (TPSA) is 166 Å². The van der Waals surface area contributed by atoms with E-state index in [9.17, 15) is 35.4 Å². The fraction of sp³-hybridized carbons (Fsp3) is 0.423. The molecule has 10 heteroatoms. The van der Waals surface area contributed by atoms with E-state index in [0.717, 1.165) is 5.57 Å². The summed E-state index contributed by atoms with van der Waals surface area (Å²) in [6, 6.07) is 7.47. The van der Waals surface area contributed by atoms with E-state index in [1.165, 1.54) is 18.2 Å². The molecule has 0 saturated carbocycles. The number of carbonyl (C=O) groups is 1. The summed E-state index contributed by atoms with van der Waals surface area (Å²) < 4.78 is 17.5. The van der Waals surface area contributed by atoms with Crippen LogP contribution in [0.4, 0.5) is 0 Å². The normalized spacial score (nSPS) is 27.7. The van der Waals surface area contributed by atoms with Crippen LogP contribution in [0.15, 0.2) is 42.0 Å². The SMILES string of the molecule is CC(C)=CCc1c(OC2OC(CO)C(O)C(O)C2O)cc(O)c2c1OC(c1ccc(O)cc1)CC2=O. The number of phenolic OH excluding ortho intramolecular Hbond substituents is 2. The number of benzene rings is 2. The van der Waals surface area contributed by atoms with Gasteiger partial charge in [-0.25, -0.2) is 0 Å². The minimum absolute atomic E-state index is 0.00309. The van der Waals surface area contributed by atoms with E-state index in [2.05, 4.69) is 0 Å². The van der Waals surface area contributed by atoms with Crippen LogP contribution in [0.2, 0.25) is 0 Å². The minimum atomic E-state index is -1.66. The average molecular weight is 503 g/mol. The number of carbonyl (C=O) groups excluding carboxylic acids is 1. The third-order valence-corrected chi connectivity index (χ3v) is 6.30. The van der Waals surface area contributed by atoms with E-state index in [4.69, 9.17) is 14.2 Å². The van der Waals surface area contributed by atoms with Crippen LogP contribution in [0.5, 0.6) is 23.0 Å². The Morgan fingerprint density at radius 2 is 1.78 bits per heavy atom. The van der Waals surface area contributed by atoms with E-state index in [1.807, 2.05) is 19.9 Å². The summed E-state index contributed by atoms with van der Waals surface area (Å²) in [4.78, 5) is 13.1. The fourth-order valence-corrected chi connectivity index (χ4v) is 4.29. The van der Waals surface area contributed by atoms with Crippen LogP contribution in [-0.4, -0.2) is 73.7 Å². The highest BCUT2D eigenvalue weighted by Gasteiger charge is 2.45. The number of aliphatic hydroxyl groups is 4. The molecule has 2 aliphatic heterocycles. The van der Waals surface area contributed by atoms with Gasteiger partial charge < -0.3 is 44.8 Å². The molecule has 194 valence electrons. The van der Waals surface area contributed by atoms with Gasteiger partial charge in [-0.15, -0.1) is 0 Å². The van der Waals surface area contributed by atoms with Crippen molar-refractivity contribution in [2.24, 2.45) is 0 Å². The first kappa shape index (κ1) is 25.9. The number of Topliss-reactive ketones (excluding diaryl/α,β-unsaturated/α-hetero) is 1. The Kier molecular flexibility index (Phi) is 7.53. The lowest BCUT2D eigenvalue weighted by molar-refractivity contribution is -0.277. The van der Waals surface area contributed by atoms with E-state index in [1.54, 1.807) is 12.1 Å². The van der Waals surface area contributed by atoms with Gasteiger partial charge in [0.25, 0.3) is 0 Å². The molecule has 2 aliphatic rings. The third-order valence-electron chi connectivity index (χ3n) is 6.30. The molecule has 2 aromatic carbocycles. The zero-order valence-corrected chi connectivity index (χ0v) is 19.9. The third kappa shape index (κ3) is 5.04. The predicted octanol–water partition coefficient (Wildman–Crippen LogP) is 1.49. The quantitative estimate of drug-likeness (QED) is 0.319. The number of hydrogen-bond donors (Lipinski definition) is 6. The number of hydrogen-bond acceptors (Lipinski definition) is 10. The van der Waals surface area contributed by atoms with Crippen molar-refractivity contribution in [3.63, 3.8) is 0 Å². The first-order valence-corrected chi connectivity index (χ1v) is 11.6. The monoisotopic (exact) mass is 502 g/mol. The van der Waals surface area contributed by atoms with Crippen LogP contribution in [0.25, 0.3) is 0 Å². The van der Waals surface area contributed by atoms with Crippen molar-refractivity contribution in [3.8, 4) is 23.0 Å². The number of ketones is 1. The van der Waals surface area contributed by atoms with Gasteiger partial charge in [0.15, 0.2) is 5.78 Å². The number of allylic oxidation sites excluding steroid dienone is 2. The molecule has 4 rings (SSSR count). The lowest BCUT2D eigenvalue weighted by Crippen LogP contribution is -2.60. The van der Waals surface area contributed by atoms with E-state index < -0.39 is 43.4 Å². The van der Waals surface area contributed by atoms with Crippen molar-refractivity contribution in [1.29, 1.82) is 0 Å². The molecule has 36 heavy (non-hydrogen) atoms. The van der Waals surface area contributed by atoms with Gasteiger partial charge in [0.2, 0.25) is 6.29 Å². The first-order valence-electron chi connectivity index (χ1n) is 11.6. The van der Waals surface area contributed by atoms with Crippen LogP contribution in [0.1, 0.15) is 47.9 Å². The molecule has 6 atom stereocenters. The largest absolute Gasteiger partial charge is 0.508 e. The number of ether oxygens (including phenoxy) is 3. The van der Waals surface area contributed by atoms with Crippen molar-refractivity contribution >= 4 is 5.78 Å². The smallest absolute Gasteiger partial charge is 0.229 e.